The molecule has 2 unspecified atom stereocenters. The molecule has 1 aromatic carbocycles. The van der Waals surface area contributed by atoms with Crippen molar-refractivity contribution in [2.45, 2.75) is 45.8 Å². The summed E-state index contributed by atoms with van der Waals surface area (Å²) in [4.78, 5) is 36.1. The van der Waals surface area contributed by atoms with Crippen LogP contribution in [0.1, 0.15) is 29.2 Å². The molecule has 3 aromatic heterocycles. The van der Waals surface area contributed by atoms with E-state index in [0.29, 0.717) is 49.9 Å². The number of phenols is 1. The molecule has 0 spiro atoms. The Labute approximate surface area is 245 Å². The molecule has 4 aromatic rings. The number of nitrogens with zero attached hydrogens (tertiary/aromatic N) is 6. The van der Waals surface area contributed by atoms with Crippen molar-refractivity contribution in [3.8, 4) is 34.4 Å². The van der Waals surface area contributed by atoms with Crippen LogP contribution in [-0.2, 0) is 11.2 Å². The molecule has 216 valence electrons. The summed E-state index contributed by atoms with van der Waals surface area (Å²) in [5.74, 6) is 1.76. The number of hydrogen-bond donors (Lipinski definition) is 2. The van der Waals surface area contributed by atoms with Gasteiger partial charge in [0, 0.05) is 50.2 Å². The van der Waals surface area contributed by atoms with E-state index in [2.05, 4.69) is 19.8 Å². The van der Waals surface area contributed by atoms with Gasteiger partial charge in [-0.1, -0.05) is 12.1 Å². The second-order valence-electron chi connectivity index (χ2n) is 11.2. The minimum Gasteiger partial charge on any atom is -0.507 e. The maximum atomic E-state index is 12.9. The van der Waals surface area contributed by atoms with E-state index in [9.17, 15) is 9.90 Å². The topological polar surface area (TPSA) is 131 Å². The summed E-state index contributed by atoms with van der Waals surface area (Å²) in [6.07, 6.45) is 4.03. The highest BCUT2D eigenvalue weighted by atomic mass is 16.5. The largest absolute Gasteiger partial charge is 0.507 e. The number of piperazine rings is 1. The first-order valence-electron chi connectivity index (χ1n) is 14.2. The molecule has 0 radical (unpaired) electrons. The van der Waals surface area contributed by atoms with Gasteiger partial charge < -0.3 is 20.5 Å². The first-order chi connectivity index (χ1) is 20.2. The molecule has 1 amide bonds. The van der Waals surface area contributed by atoms with E-state index in [-0.39, 0.29) is 11.8 Å². The van der Waals surface area contributed by atoms with Gasteiger partial charge >= 0.3 is 0 Å². The lowest BCUT2D eigenvalue weighted by molar-refractivity contribution is -0.140. The van der Waals surface area contributed by atoms with Crippen LogP contribution < -0.4 is 15.4 Å². The molecule has 2 aliphatic rings. The molecular formula is C32H35N7O3. The molecule has 42 heavy (non-hydrogen) atoms. The number of aromatic hydroxyl groups is 1. The molecule has 5 heterocycles. The Morgan fingerprint density at radius 3 is 2.21 bits per heavy atom. The molecule has 1 saturated heterocycles. The number of primary amides is 1. The van der Waals surface area contributed by atoms with Crippen LogP contribution in [0.25, 0.3) is 22.9 Å². The van der Waals surface area contributed by atoms with Crippen molar-refractivity contribution in [3.63, 3.8) is 0 Å². The zero-order valence-electron chi connectivity index (χ0n) is 24.3. The van der Waals surface area contributed by atoms with Gasteiger partial charge in [0.1, 0.15) is 23.0 Å². The predicted molar refractivity (Wildman–Crippen MR) is 160 cm³/mol. The number of nitrogens with two attached hydrogens (primary N) is 1. The third kappa shape index (κ3) is 4.71. The lowest BCUT2D eigenvalue weighted by Gasteiger charge is -2.49. The number of rotatable bonds is 5. The van der Waals surface area contributed by atoms with Gasteiger partial charge in [-0.15, -0.1) is 0 Å². The van der Waals surface area contributed by atoms with E-state index in [1.54, 1.807) is 19.3 Å². The number of fused-ring (bicyclic) bond motifs is 1. The van der Waals surface area contributed by atoms with Gasteiger partial charge in [-0.05, 0) is 75.1 Å². The van der Waals surface area contributed by atoms with Crippen molar-refractivity contribution in [1.29, 1.82) is 0 Å². The maximum absolute atomic E-state index is 12.9. The van der Waals surface area contributed by atoms with Crippen LogP contribution in [0.15, 0.2) is 54.9 Å². The van der Waals surface area contributed by atoms with Crippen molar-refractivity contribution in [2.24, 2.45) is 5.73 Å². The normalized spacial score (nSPS) is 20.6. The number of anilines is 1. The van der Waals surface area contributed by atoms with E-state index in [0.717, 1.165) is 39.5 Å². The summed E-state index contributed by atoms with van der Waals surface area (Å²) in [6.45, 7) is 10.2. The fraction of sp³-hybridized carbons (Fsp3) is 0.344. The molecular weight excluding hydrogens is 530 g/mol. The van der Waals surface area contributed by atoms with E-state index in [1.807, 2.05) is 63.2 Å². The van der Waals surface area contributed by atoms with Crippen molar-refractivity contribution in [1.82, 2.24) is 24.8 Å². The molecule has 2 atom stereocenters. The summed E-state index contributed by atoms with van der Waals surface area (Å²) in [5.41, 5.74) is 10.3. The van der Waals surface area contributed by atoms with Crippen LogP contribution in [0.5, 0.6) is 11.5 Å². The highest BCUT2D eigenvalue weighted by Gasteiger charge is 2.50. The van der Waals surface area contributed by atoms with Crippen LogP contribution >= 0.6 is 0 Å². The minimum atomic E-state index is -1.22. The molecule has 6 rings (SSSR count). The van der Waals surface area contributed by atoms with Gasteiger partial charge in [-0.25, -0.2) is 9.97 Å². The number of carbonyl (C=O) groups is 1. The molecule has 10 heteroatoms. The van der Waals surface area contributed by atoms with Gasteiger partial charge in [-0.2, -0.15) is 0 Å². The quantitative estimate of drug-likeness (QED) is 0.373. The first-order valence-corrected chi connectivity index (χ1v) is 14.2. The van der Waals surface area contributed by atoms with Crippen molar-refractivity contribution >= 4 is 11.7 Å². The number of aromatic nitrogens is 4. The van der Waals surface area contributed by atoms with Crippen LogP contribution in [0.3, 0.4) is 0 Å². The van der Waals surface area contributed by atoms with E-state index in [1.165, 1.54) is 0 Å². The van der Waals surface area contributed by atoms with Crippen LogP contribution in [0.2, 0.25) is 0 Å². The number of carbonyl (C=O) groups excluding carboxylic acids is 1. The average molecular weight is 566 g/mol. The smallest absolute Gasteiger partial charge is 0.263 e. The second kappa shape index (κ2) is 10.7. The third-order valence-corrected chi connectivity index (χ3v) is 8.79. The van der Waals surface area contributed by atoms with E-state index in [4.69, 9.17) is 20.4 Å². The second-order valence-corrected chi connectivity index (χ2v) is 11.2. The molecule has 0 bridgehead atoms. The summed E-state index contributed by atoms with van der Waals surface area (Å²) in [5, 5.41) is 10.8. The number of amides is 1. The van der Waals surface area contributed by atoms with E-state index < -0.39 is 11.5 Å². The summed E-state index contributed by atoms with van der Waals surface area (Å²) in [7, 11) is 0. The SMILES string of the molecule is Cc1c(C)c2c(c(C)c1O)CC(N1CCN(c3cc(-c4ccccn4)nc(-c4ccccn4)n3)CC1)C(C)(C(N)=O)O2. The van der Waals surface area contributed by atoms with Gasteiger partial charge in [0.15, 0.2) is 11.4 Å². The molecule has 2 aliphatic heterocycles. The first kappa shape index (κ1) is 27.6. The zero-order chi connectivity index (χ0) is 29.6. The Morgan fingerprint density at radius 1 is 0.929 bits per heavy atom. The Morgan fingerprint density at radius 2 is 1.60 bits per heavy atom. The van der Waals surface area contributed by atoms with Crippen LogP contribution in [-0.4, -0.2) is 73.7 Å². The zero-order valence-corrected chi connectivity index (χ0v) is 24.3. The molecule has 0 saturated carbocycles. The van der Waals surface area contributed by atoms with Gasteiger partial charge in [0.05, 0.1) is 17.4 Å². The van der Waals surface area contributed by atoms with Gasteiger partial charge in [0.25, 0.3) is 5.91 Å². The van der Waals surface area contributed by atoms with E-state index >= 15 is 0 Å². The van der Waals surface area contributed by atoms with Gasteiger partial charge in [0.2, 0.25) is 0 Å². The summed E-state index contributed by atoms with van der Waals surface area (Å²) < 4.78 is 6.46. The predicted octanol–water partition coefficient (Wildman–Crippen LogP) is 3.60. The number of ether oxygens (including phenoxy) is 1. The molecule has 3 N–H and O–H groups in total. The number of hydrogen-bond acceptors (Lipinski definition) is 9. The van der Waals surface area contributed by atoms with Crippen molar-refractivity contribution < 1.29 is 14.6 Å². The molecule has 1 fully saturated rings. The monoisotopic (exact) mass is 565 g/mol. The number of phenolic OH excluding ortho intramolecular Hbond substituents is 1. The number of benzene rings is 1. The minimum absolute atomic E-state index is 0.275. The van der Waals surface area contributed by atoms with Crippen molar-refractivity contribution in [3.05, 3.63) is 77.1 Å². The molecule has 10 nitrogen and oxygen atoms in total. The van der Waals surface area contributed by atoms with Crippen LogP contribution in [0.4, 0.5) is 5.82 Å². The Kier molecular flexibility index (Phi) is 7.02. The Bertz CT molecular complexity index is 1580. The average Bonchev–Trinajstić information content (AvgIpc) is 3.03. The maximum Gasteiger partial charge on any atom is 0.263 e. The summed E-state index contributed by atoms with van der Waals surface area (Å²) >= 11 is 0. The Balaban J connectivity index is 1.30. The highest BCUT2D eigenvalue weighted by Crippen LogP contribution is 2.44. The van der Waals surface area contributed by atoms with Gasteiger partial charge in [-0.3, -0.25) is 19.7 Å². The Hall–Kier alpha value is -4.57. The van der Waals surface area contributed by atoms with Crippen molar-refractivity contribution in [2.75, 3.05) is 31.1 Å². The number of pyridine rings is 2. The fourth-order valence-corrected chi connectivity index (χ4v) is 6.03. The third-order valence-electron chi connectivity index (χ3n) is 8.79. The lowest BCUT2D eigenvalue weighted by atomic mass is 9.81. The highest BCUT2D eigenvalue weighted by molar-refractivity contribution is 5.85. The standard InChI is InChI=1S/C32H35N7O3/c1-19-20(2)29-22(21(3)28(19)40)17-26(32(4,42-29)31(33)41)38-13-15-39(16-14-38)27-18-25(23-9-5-7-11-34-23)36-30(37-27)24-10-6-8-12-35-24/h5-12,18,26,40H,13-17H2,1-4H3,(H2,33,41). The molecule has 0 aliphatic carbocycles. The lowest BCUT2D eigenvalue weighted by Crippen LogP contribution is -2.66. The fourth-order valence-electron chi connectivity index (χ4n) is 6.03. The summed E-state index contributed by atoms with van der Waals surface area (Å²) in [6, 6.07) is 13.1. The van der Waals surface area contributed by atoms with Crippen LogP contribution in [0, 0.1) is 20.8 Å².